The molecule has 0 bridgehead atoms. The molecule has 16 heavy (non-hydrogen) atoms. The quantitative estimate of drug-likeness (QED) is 0.700. The molecule has 2 rings (SSSR count). The maximum absolute atomic E-state index is 11.9. The van der Waals surface area contributed by atoms with E-state index >= 15 is 0 Å². The Kier molecular flexibility index (Phi) is 2.30. The molecular formula is C15H18O. The van der Waals surface area contributed by atoms with Gasteiger partial charge in [-0.3, -0.25) is 4.79 Å². The van der Waals surface area contributed by atoms with Gasteiger partial charge in [0.05, 0.1) is 0 Å². The second-order valence-electron chi connectivity index (χ2n) is 5.39. The van der Waals surface area contributed by atoms with Crippen LogP contribution in [-0.2, 0) is 10.2 Å². The van der Waals surface area contributed by atoms with Crippen molar-refractivity contribution in [3.8, 4) is 0 Å². The maximum Gasteiger partial charge on any atom is 0.162 e. The van der Waals surface area contributed by atoms with Gasteiger partial charge in [-0.05, 0) is 18.6 Å². The number of allylic oxidation sites excluding steroid dienone is 2. The van der Waals surface area contributed by atoms with Gasteiger partial charge in [0.15, 0.2) is 5.78 Å². The molecule has 1 aliphatic rings. The van der Waals surface area contributed by atoms with Crippen LogP contribution in [0.2, 0.25) is 0 Å². The summed E-state index contributed by atoms with van der Waals surface area (Å²) in [5, 5.41) is 0. The number of hydrogen-bond acceptors (Lipinski definition) is 1. The third-order valence-electron chi connectivity index (χ3n) is 4.13. The molecule has 1 nitrogen and oxygen atoms in total. The van der Waals surface area contributed by atoms with Crippen LogP contribution in [0, 0.1) is 12.3 Å². The smallest absolute Gasteiger partial charge is 0.162 e. The average molecular weight is 214 g/mol. The molecule has 0 heterocycles. The van der Waals surface area contributed by atoms with E-state index in [1.807, 2.05) is 19.9 Å². The lowest BCUT2D eigenvalue weighted by Gasteiger charge is -2.37. The van der Waals surface area contributed by atoms with Crippen molar-refractivity contribution in [2.45, 2.75) is 33.1 Å². The third-order valence-corrected chi connectivity index (χ3v) is 4.13. The van der Waals surface area contributed by atoms with Gasteiger partial charge in [0.2, 0.25) is 0 Å². The third kappa shape index (κ3) is 1.35. The first-order chi connectivity index (χ1) is 7.38. The monoisotopic (exact) mass is 214 g/mol. The summed E-state index contributed by atoms with van der Waals surface area (Å²) in [6.45, 7) is 8.26. The van der Waals surface area contributed by atoms with E-state index in [0.29, 0.717) is 0 Å². The van der Waals surface area contributed by atoms with Gasteiger partial charge >= 0.3 is 0 Å². The molecule has 0 N–H and O–H groups in total. The lowest BCUT2D eigenvalue weighted by molar-refractivity contribution is -0.123. The summed E-state index contributed by atoms with van der Waals surface area (Å²) >= 11 is 0. The molecule has 0 spiro atoms. The lowest BCUT2D eigenvalue weighted by atomic mass is 9.65. The lowest BCUT2D eigenvalue weighted by Crippen LogP contribution is -2.38. The van der Waals surface area contributed by atoms with E-state index in [4.69, 9.17) is 0 Å². The molecule has 1 aliphatic carbocycles. The predicted molar refractivity (Wildman–Crippen MR) is 66.5 cm³/mol. The molecule has 1 heteroatoms. The van der Waals surface area contributed by atoms with E-state index in [9.17, 15) is 4.79 Å². The van der Waals surface area contributed by atoms with Crippen molar-refractivity contribution in [3.63, 3.8) is 0 Å². The molecule has 0 aliphatic heterocycles. The van der Waals surface area contributed by atoms with Crippen LogP contribution in [0.4, 0.5) is 0 Å². The molecule has 1 atom stereocenters. The van der Waals surface area contributed by atoms with E-state index < -0.39 is 0 Å². The van der Waals surface area contributed by atoms with Gasteiger partial charge in [-0.1, -0.05) is 56.7 Å². The summed E-state index contributed by atoms with van der Waals surface area (Å²) in [6, 6.07) is 8.46. The van der Waals surface area contributed by atoms with Crippen LogP contribution in [0.15, 0.2) is 36.4 Å². The number of carbonyl (C=O) groups is 1. The molecule has 0 unspecified atom stereocenters. The van der Waals surface area contributed by atoms with E-state index in [-0.39, 0.29) is 16.6 Å². The van der Waals surface area contributed by atoms with Gasteiger partial charge in [-0.25, -0.2) is 0 Å². The minimum atomic E-state index is -0.345. The van der Waals surface area contributed by atoms with Gasteiger partial charge in [0.1, 0.15) is 0 Å². The highest BCUT2D eigenvalue weighted by Crippen LogP contribution is 2.47. The summed E-state index contributed by atoms with van der Waals surface area (Å²) in [6.07, 6.45) is 3.76. The summed E-state index contributed by atoms with van der Waals surface area (Å²) in [5.41, 5.74) is 1.93. The number of ketones is 1. The van der Waals surface area contributed by atoms with E-state index in [1.165, 1.54) is 11.1 Å². The minimum Gasteiger partial charge on any atom is -0.294 e. The largest absolute Gasteiger partial charge is 0.294 e. The highest BCUT2D eigenvalue weighted by molar-refractivity contribution is 5.99. The zero-order valence-electron chi connectivity index (χ0n) is 10.4. The fourth-order valence-electron chi connectivity index (χ4n) is 2.27. The SMILES string of the molecule is Cc1ccc([C@]2(C)C=CC(=O)C2(C)C)cc1. The molecular weight excluding hydrogens is 196 g/mol. The molecule has 0 radical (unpaired) electrons. The first kappa shape index (κ1) is 11.1. The summed E-state index contributed by atoms with van der Waals surface area (Å²) in [7, 11) is 0. The van der Waals surface area contributed by atoms with Gasteiger partial charge < -0.3 is 0 Å². The number of rotatable bonds is 1. The van der Waals surface area contributed by atoms with Crippen molar-refractivity contribution in [3.05, 3.63) is 47.5 Å². The molecule has 0 aromatic heterocycles. The molecule has 1 aromatic rings. The van der Waals surface area contributed by atoms with Gasteiger partial charge in [0.25, 0.3) is 0 Å². The maximum atomic E-state index is 11.9. The Morgan fingerprint density at radius 1 is 1.00 bits per heavy atom. The fourth-order valence-corrected chi connectivity index (χ4v) is 2.27. The van der Waals surface area contributed by atoms with Crippen molar-refractivity contribution in [1.82, 2.24) is 0 Å². The van der Waals surface area contributed by atoms with Crippen LogP contribution in [0.3, 0.4) is 0 Å². The first-order valence-corrected chi connectivity index (χ1v) is 5.69. The van der Waals surface area contributed by atoms with Crippen molar-refractivity contribution >= 4 is 5.78 Å². The zero-order valence-corrected chi connectivity index (χ0v) is 10.4. The van der Waals surface area contributed by atoms with Gasteiger partial charge in [-0.2, -0.15) is 0 Å². The number of carbonyl (C=O) groups excluding carboxylic acids is 1. The van der Waals surface area contributed by atoms with E-state index in [0.717, 1.165) is 0 Å². The normalized spacial score (nSPS) is 27.4. The second kappa shape index (κ2) is 3.31. The standard InChI is InChI=1S/C15H18O/c1-11-5-7-12(8-6-11)15(4)10-9-13(16)14(15,2)3/h5-10H,1-4H3/t15-/m0/s1. The van der Waals surface area contributed by atoms with Gasteiger partial charge in [-0.15, -0.1) is 0 Å². The second-order valence-corrected chi connectivity index (χ2v) is 5.39. The van der Waals surface area contributed by atoms with E-state index in [2.05, 4.69) is 38.1 Å². The van der Waals surface area contributed by atoms with Crippen molar-refractivity contribution in [2.24, 2.45) is 5.41 Å². The highest BCUT2D eigenvalue weighted by Gasteiger charge is 2.48. The van der Waals surface area contributed by atoms with Crippen LogP contribution < -0.4 is 0 Å². The Morgan fingerprint density at radius 2 is 1.56 bits per heavy atom. The molecule has 0 saturated heterocycles. The molecule has 84 valence electrons. The highest BCUT2D eigenvalue weighted by atomic mass is 16.1. The predicted octanol–water partition coefficient (Wildman–Crippen LogP) is 3.42. The van der Waals surface area contributed by atoms with Gasteiger partial charge in [0, 0.05) is 10.8 Å². The topological polar surface area (TPSA) is 17.1 Å². The number of aryl methyl sites for hydroxylation is 1. The van der Waals surface area contributed by atoms with Crippen LogP contribution in [-0.4, -0.2) is 5.78 Å². The summed E-state index contributed by atoms with van der Waals surface area (Å²) in [4.78, 5) is 11.9. The summed E-state index contributed by atoms with van der Waals surface area (Å²) < 4.78 is 0. The Bertz CT molecular complexity index is 451. The first-order valence-electron chi connectivity index (χ1n) is 5.69. The minimum absolute atomic E-state index is 0.183. The fraction of sp³-hybridized carbons (Fsp3) is 0.400. The van der Waals surface area contributed by atoms with Crippen LogP contribution in [0.25, 0.3) is 0 Å². The van der Waals surface area contributed by atoms with E-state index in [1.54, 1.807) is 6.08 Å². The Balaban J connectivity index is 2.51. The Labute approximate surface area is 97.2 Å². The Hall–Kier alpha value is -1.37. The molecule has 1 aromatic carbocycles. The average Bonchev–Trinajstić information content (AvgIpc) is 2.44. The number of hydrogen-bond donors (Lipinski definition) is 0. The molecule has 0 amide bonds. The number of benzene rings is 1. The van der Waals surface area contributed by atoms with Crippen LogP contribution in [0.1, 0.15) is 31.9 Å². The molecule has 0 saturated carbocycles. The van der Waals surface area contributed by atoms with Crippen molar-refractivity contribution < 1.29 is 4.79 Å². The van der Waals surface area contributed by atoms with Crippen LogP contribution >= 0.6 is 0 Å². The summed E-state index contributed by atoms with van der Waals surface area (Å²) in [5.74, 6) is 0.218. The van der Waals surface area contributed by atoms with Crippen LogP contribution in [0.5, 0.6) is 0 Å². The zero-order chi connectivity index (χ0) is 12.0. The van der Waals surface area contributed by atoms with Crippen molar-refractivity contribution in [2.75, 3.05) is 0 Å². The Morgan fingerprint density at radius 3 is 2.00 bits per heavy atom. The van der Waals surface area contributed by atoms with Crippen molar-refractivity contribution in [1.29, 1.82) is 0 Å². The molecule has 0 fully saturated rings.